The molecule has 1 heterocycles. The largest absolute Gasteiger partial charge is 0.490 e. The third-order valence-corrected chi connectivity index (χ3v) is 5.44. The lowest BCUT2D eigenvalue weighted by Crippen LogP contribution is -2.24. The van der Waals surface area contributed by atoms with Gasteiger partial charge in [0.05, 0.1) is 12.2 Å². The average Bonchev–Trinajstić information content (AvgIpc) is 2.65. The first kappa shape index (κ1) is 18.7. The minimum Gasteiger partial charge on any atom is -0.490 e. The van der Waals surface area contributed by atoms with Gasteiger partial charge in [-0.25, -0.2) is 8.78 Å². The molecule has 1 aliphatic carbocycles. The summed E-state index contributed by atoms with van der Waals surface area (Å²) in [5.41, 5.74) is 1.65. The number of hydrogen-bond donors (Lipinski definition) is 1. The Labute approximate surface area is 162 Å². The monoisotopic (exact) mass is 388 g/mol. The number of carboxylic acids is 1. The van der Waals surface area contributed by atoms with Crippen LogP contribution in [0.1, 0.15) is 44.1 Å². The summed E-state index contributed by atoms with van der Waals surface area (Å²) in [6, 6.07) is 7.91. The van der Waals surface area contributed by atoms with E-state index in [9.17, 15) is 13.6 Å². The molecule has 1 atom stereocenters. The molecule has 0 amide bonds. The molecule has 0 aromatic heterocycles. The van der Waals surface area contributed by atoms with Crippen molar-refractivity contribution in [1.82, 2.24) is 0 Å². The van der Waals surface area contributed by atoms with Gasteiger partial charge in [-0.1, -0.05) is 6.07 Å². The molecule has 0 radical (unpaired) electrons. The van der Waals surface area contributed by atoms with Crippen molar-refractivity contribution in [2.45, 2.75) is 57.2 Å². The fraction of sp³-hybridized carbons (Fsp3) is 0.409. The van der Waals surface area contributed by atoms with Crippen LogP contribution in [0.5, 0.6) is 11.5 Å². The van der Waals surface area contributed by atoms with E-state index in [1.807, 2.05) is 6.07 Å². The van der Waals surface area contributed by atoms with Gasteiger partial charge in [0.1, 0.15) is 11.5 Å². The summed E-state index contributed by atoms with van der Waals surface area (Å²) in [5, 5.41) is 8.81. The Hall–Kier alpha value is -2.63. The van der Waals surface area contributed by atoms with Crippen LogP contribution in [-0.4, -0.2) is 23.3 Å². The quantitative estimate of drug-likeness (QED) is 0.746. The zero-order valence-electron chi connectivity index (χ0n) is 15.4. The van der Waals surface area contributed by atoms with Gasteiger partial charge in [-0.05, 0) is 67.9 Å². The molecular weight excluding hydrogens is 366 g/mol. The Morgan fingerprint density at radius 1 is 1.18 bits per heavy atom. The third-order valence-electron chi connectivity index (χ3n) is 5.44. The fourth-order valence-corrected chi connectivity index (χ4v) is 3.62. The number of benzene rings is 2. The van der Waals surface area contributed by atoms with Crippen molar-refractivity contribution >= 4 is 5.97 Å². The predicted octanol–water partition coefficient (Wildman–Crippen LogP) is 5.12. The Morgan fingerprint density at radius 2 is 2.00 bits per heavy atom. The Kier molecular flexibility index (Phi) is 5.20. The third kappa shape index (κ3) is 3.96. The van der Waals surface area contributed by atoms with Crippen molar-refractivity contribution in [1.29, 1.82) is 0 Å². The number of ether oxygens (including phenoxy) is 2. The molecule has 6 heteroatoms. The molecule has 2 aromatic carbocycles. The highest BCUT2D eigenvalue weighted by Crippen LogP contribution is 2.36. The first-order chi connectivity index (χ1) is 13.5. The molecule has 1 N–H and O–H groups in total. The zero-order chi connectivity index (χ0) is 19.7. The van der Waals surface area contributed by atoms with Crippen LogP contribution in [0.25, 0.3) is 11.1 Å². The fourth-order valence-electron chi connectivity index (χ4n) is 3.62. The number of carboxylic acid groups (broad SMARTS) is 1. The molecule has 0 saturated heterocycles. The highest BCUT2D eigenvalue weighted by molar-refractivity contribution is 5.68. The summed E-state index contributed by atoms with van der Waals surface area (Å²) in [4.78, 5) is 10.7. The topological polar surface area (TPSA) is 55.8 Å². The lowest BCUT2D eigenvalue weighted by molar-refractivity contribution is -0.137. The zero-order valence-corrected chi connectivity index (χ0v) is 15.4. The van der Waals surface area contributed by atoms with Gasteiger partial charge in [-0.3, -0.25) is 4.79 Å². The number of rotatable bonds is 6. The van der Waals surface area contributed by atoms with Gasteiger partial charge in [0.25, 0.3) is 0 Å². The van der Waals surface area contributed by atoms with E-state index in [2.05, 4.69) is 0 Å². The van der Waals surface area contributed by atoms with E-state index < -0.39 is 17.6 Å². The van der Waals surface area contributed by atoms with Crippen LogP contribution in [0.3, 0.4) is 0 Å². The molecule has 1 aliphatic heterocycles. The first-order valence-corrected chi connectivity index (χ1v) is 9.67. The standard InChI is InChI=1S/C22H22F2O4/c23-19-12-17(27-15-2-1-3-15)11-18(22(19)24)13-5-8-20-14(10-13)4-6-16(28-20)7-9-21(25)26/h5,8,10-12,15-16H,1-4,6-7,9H2,(H,25,26)/t16-/m1/s1. The van der Waals surface area contributed by atoms with Gasteiger partial charge < -0.3 is 14.6 Å². The molecule has 1 fully saturated rings. The van der Waals surface area contributed by atoms with E-state index in [0.29, 0.717) is 36.3 Å². The van der Waals surface area contributed by atoms with Crippen molar-refractivity contribution < 1.29 is 28.2 Å². The second kappa shape index (κ2) is 7.78. The highest BCUT2D eigenvalue weighted by atomic mass is 19.2. The highest BCUT2D eigenvalue weighted by Gasteiger charge is 2.23. The second-order valence-electron chi connectivity index (χ2n) is 7.47. The van der Waals surface area contributed by atoms with E-state index in [1.54, 1.807) is 18.2 Å². The van der Waals surface area contributed by atoms with Crippen LogP contribution in [0.4, 0.5) is 8.78 Å². The number of aliphatic carboxylic acids is 1. The van der Waals surface area contributed by atoms with Crippen LogP contribution in [0, 0.1) is 11.6 Å². The molecule has 2 aliphatic rings. The van der Waals surface area contributed by atoms with E-state index in [4.69, 9.17) is 14.6 Å². The Balaban J connectivity index is 1.56. The van der Waals surface area contributed by atoms with E-state index in [-0.39, 0.29) is 24.2 Å². The number of carbonyl (C=O) groups is 1. The SMILES string of the molecule is O=C(O)CC[C@H]1CCc2cc(-c3cc(OC4CCC4)cc(F)c3F)ccc2O1. The average molecular weight is 388 g/mol. The van der Waals surface area contributed by atoms with Crippen LogP contribution in [0.15, 0.2) is 30.3 Å². The summed E-state index contributed by atoms with van der Waals surface area (Å²) in [6.45, 7) is 0. The van der Waals surface area contributed by atoms with Gasteiger partial charge in [0, 0.05) is 18.1 Å². The van der Waals surface area contributed by atoms with E-state index in [1.165, 1.54) is 0 Å². The first-order valence-electron chi connectivity index (χ1n) is 9.67. The minimum absolute atomic E-state index is 0.0658. The molecule has 0 bridgehead atoms. The van der Waals surface area contributed by atoms with Gasteiger partial charge in [-0.15, -0.1) is 0 Å². The van der Waals surface area contributed by atoms with E-state index in [0.717, 1.165) is 30.9 Å². The normalized spacial score (nSPS) is 18.7. The van der Waals surface area contributed by atoms with Crippen molar-refractivity contribution in [2.24, 2.45) is 0 Å². The van der Waals surface area contributed by atoms with E-state index >= 15 is 0 Å². The second-order valence-corrected chi connectivity index (χ2v) is 7.47. The van der Waals surface area contributed by atoms with Gasteiger partial charge >= 0.3 is 5.97 Å². The smallest absolute Gasteiger partial charge is 0.303 e. The van der Waals surface area contributed by atoms with Crippen molar-refractivity contribution in [3.8, 4) is 22.6 Å². The number of hydrogen-bond acceptors (Lipinski definition) is 3. The van der Waals surface area contributed by atoms with Crippen LogP contribution in [-0.2, 0) is 11.2 Å². The van der Waals surface area contributed by atoms with Gasteiger partial charge in [0.2, 0.25) is 0 Å². The van der Waals surface area contributed by atoms with Crippen LogP contribution in [0.2, 0.25) is 0 Å². The minimum atomic E-state index is -0.922. The number of aryl methyl sites for hydroxylation is 1. The van der Waals surface area contributed by atoms with Crippen molar-refractivity contribution in [2.75, 3.05) is 0 Å². The summed E-state index contributed by atoms with van der Waals surface area (Å²) < 4.78 is 40.2. The molecule has 0 unspecified atom stereocenters. The lowest BCUT2D eigenvalue weighted by atomic mass is 9.95. The summed E-state index contributed by atoms with van der Waals surface area (Å²) >= 11 is 0. The molecule has 0 spiro atoms. The maximum absolute atomic E-state index is 14.5. The van der Waals surface area contributed by atoms with Crippen LogP contribution >= 0.6 is 0 Å². The Morgan fingerprint density at radius 3 is 2.71 bits per heavy atom. The van der Waals surface area contributed by atoms with Crippen LogP contribution < -0.4 is 9.47 Å². The van der Waals surface area contributed by atoms with Crippen molar-refractivity contribution in [3.63, 3.8) is 0 Å². The molecular formula is C22H22F2O4. The summed E-state index contributed by atoms with van der Waals surface area (Å²) in [7, 11) is 0. The number of halogens is 2. The molecule has 4 nitrogen and oxygen atoms in total. The van der Waals surface area contributed by atoms with Crippen molar-refractivity contribution in [3.05, 3.63) is 47.5 Å². The molecule has 2 aromatic rings. The maximum Gasteiger partial charge on any atom is 0.303 e. The van der Waals surface area contributed by atoms with Gasteiger partial charge in [-0.2, -0.15) is 0 Å². The molecule has 1 saturated carbocycles. The molecule has 4 rings (SSSR count). The summed E-state index contributed by atoms with van der Waals surface area (Å²) in [6.07, 6.45) is 4.84. The molecule has 148 valence electrons. The van der Waals surface area contributed by atoms with Gasteiger partial charge in [0.15, 0.2) is 11.6 Å². The Bertz CT molecular complexity index is 892. The maximum atomic E-state index is 14.5. The lowest BCUT2D eigenvalue weighted by Gasteiger charge is -2.27. The number of fused-ring (bicyclic) bond motifs is 1. The predicted molar refractivity (Wildman–Crippen MR) is 99.7 cm³/mol. The molecule has 28 heavy (non-hydrogen) atoms. The summed E-state index contributed by atoms with van der Waals surface area (Å²) in [5.74, 6) is -1.63.